The van der Waals surface area contributed by atoms with E-state index in [4.69, 9.17) is 9.47 Å². The molecule has 2 aliphatic heterocycles. The smallest absolute Gasteiger partial charge is 0.262 e. The highest BCUT2D eigenvalue weighted by Crippen LogP contribution is 2.29. The number of aliphatic imine (C=N–C) groups is 1. The van der Waals surface area contributed by atoms with Crippen molar-refractivity contribution in [3.8, 4) is 0 Å². The maximum Gasteiger partial charge on any atom is 0.262 e. The van der Waals surface area contributed by atoms with Gasteiger partial charge in [0.25, 0.3) is 11.8 Å². The lowest BCUT2D eigenvalue weighted by molar-refractivity contribution is -0.121. The van der Waals surface area contributed by atoms with Crippen molar-refractivity contribution in [2.75, 3.05) is 51.9 Å². The first-order valence-electron chi connectivity index (χ1n) is 10.4. The molecular formula is C21H28N4O5S. The molecule has 10 heteroatoms. The zero-order chi connectivity index (χ0) is 22.1. The van der Waals surface area contributed by atoms with Gasteiger partial charge < -0.3 is 25.0 Å². The molecule has 31 heavy (non-hydrogen) atoms. The number of nitrogens with zero attached hydrogens (tertiary/aromatic N) is 2. The van der Waals surface area contributed by atoms with Crippen LogP contribution < -0.4 is 10.6 Å². The lowest BCUT2D eigenvalue weighted by Crippen LogP contribution is -2.27. The Labute approximate surface area is 185 Å². The largest absolute Gasteiger partial charge is 0.382 e. The molecular weight excluding hydrogens is 420 g/mol. The summed E-state index contributed by atoms with van der Waals surface area (Å²) in [5.74, 6) is -0.720. The average Bonchev–Trinajstić information content (AvgIpc) is 3.41. The summed E-state index contributed by atoms with van der Waals surface area (Å²) in [7, 11) is 1.60. The number of benzene rings is 1. The third kappa shape index (κ3) is 7.05. The molecule has 0 radical (unpaired) electrons. The Bertz CT molecular complexity index is 808. The molecule has 2 N–H and O–H groups in total. The highest BCUT2D eigenvalue weighted by Gasteiger charge is 2.33. The summed E-state index contributed by atoms with van der Waals surface area (Å²) in [5, 5.41) is 5.80. The third-order valence-corrected chi connectivity index (χ3v) is 6.08. The number of carbonyl (C=O) groups is 3. The van der Waals surface area contributed by atoms with Crippen molar-refractivity contribution in [2.45, 2.75) is 24.5 Å². The minimum atomic E-state index is -0.480. The molecule has 3 amide bonds. The standard InChI is InChI=1S/C21H28N4O5S/c1-29-12-13-30-11-8-22-19(27)15-4-6-16(7-5-15)23-18(26)14-17-20(28)24-21(31-17)25-9-2-3-10-25/h4-7,17H,2-3,8-14H2,1H3,(H,22,27)(H,23,26). The van der Waals surface area contributed by atoms with Crippen molar-refractivity contribution in [3.63, 3.8) is 0 Å². The summed E-state index contributed by atoms with van der Waals surface area (Å²) in [4.78, 5) is 42.9. The van der Waals surface area contributed by atoms with Crippen molar-refractivity contribution >= 4 is 40.3 Å². The number of ether oxygens (including phenoxy) is 2. The molecule has 1 saturated heterocycles. The first-order valence-corrected chi connectivity index (χ1v) is 11.2. The van der Waals surface area contributed by atoms with E-state index in [1.165, 1.54) is 11.8 Å². The summed E-state index contributed by atoms with van der Waals surface area (Å²) < 4.78 is 10.2. The van der Waals surface area contributed by atoms with Crippen molar-refractivity contribution in [1.82, 2.24) is 10.2 Å². The van der Waals surface area contributed by atoms with Crippen LogP contribution >= 0.6 is 11.8 Å². The molecule has 0 aliphatic carbocycles. The number of thioether (sulfide) groups is 1. The van der Waals surface area contributed by atoms with E-state index in [1.54, 1.807) is 31.4 Å². The van der Waals surface area contributed by atoms with Gasteiger partial charge in [-0.05, 0) is 37.1 Å². The van der Waals surface area contributed by atoms with Gasteiger partial charge in [0.15, 0.2) is 5.17 Å². The third-order valence-electron chi connectivity index (χ3n) is 4.87. The van der Waals surface area contributed by atoms with E-state index in [0.29, 0.717) is 37.6 Å². The van der Waals surface area contributed by atoms with E-state index in [2.05, 4.69) is 20.5 Å². The summed E-state index contributed by atoms with van der Waals surface area (Å²) in [6.45, 7) is 3.64. The Hall–Kier alpha value is -2.43. The normalized spacial score (nSPS) is 18.2. The number of hydrogen-bond donors (Lipinski definition) is 2. The molecule has 9 nitrogen and oxygen atoms in total. The van der Waals surface area contributed by atoms with Crippen LogP contribution in [-0.4, -0.2) is 79.6 Å². The molecule has 0 bridgehead atoms. The van der Waals surface area contributed by atoms with Crippen molar-refractivity contribution < 1.29 is 23.9 Å². The number of likely N-dealkylation sites (tertiary alicyclic amines) is 1. The number of anilines is 1. The SMILES string of the molecule is COCCOCCNC(=O)c1ccc(NC(=O)CC2SC(N3CCCC3)=NC2=O)cc1. The summed E-state index contributed by atoms with van der Waals surface area (Å²) in [6.07, 6.45) is 2.28. The molecule has 1 unspecified atom stereocenters. The van der Waals surface area contributed by atoms with Gasteiger partial charge >= 0.3 is 0 Å². The molecule has 2 heterocycles. The molecule has 2 aliphatic rings. The second-order valence-corrected chi connectivity index (χ2v) is 8.39. The number of amides is 3. The van der Waals surface area contributed by atoms with E-state index in [0.717, 1.165) is 31.1 Å². The van der Waals surface area contributed by atoms with Crippen LogP contribution in [0.25, 0.3) is 0 Å². The fraction of sp³-hybridized carbons (Fsp3) is 0.524. The maximum atomic E-state index is 12.4. The number of methoxy groups -OCH3 is 1. The maximum absolute atomic E-state index is 12.4. The predicted octanol–water partition coefficient (Wildman–Crippen LogP) is 1.50. The zero-order valence-corrected chi connectivity index (χ0v) is 18.4. The van der Waals surface area contributed by atoms with Crippen LogP contribution in [0.2, 0.25) is 0 Å². The first-order chi connectivity index (χ1) is 15.1. The second-order valence-electron chi connectivity index (χ2n) is 7.22. The Kier molecular flexibility index (Phi) is 8.86. The van der Waals surface area contributed by atoms with Gasteiger partial charge in [-0.1, -0.05) is 11.8 Å². The minimum absolute atomic E-state index is 0.0651. The van der Waals surface area contributed by atoms with Crippen molar-refractivity contribution in [1.29, 1.82) is 0 Å². The average molecular weight is 449 g/mol. The van der Waals surface area contributed by atoms with Gasteiger partial charge in [0.2, 0.25) is 5.91 Å². The van der Waals surface area contributed by atoms with Gasteiger partial charge in [-0.15, -0.1) is 0 Å². The fourth-order valence-corrected chi connectivity index (χ4v) is 4.34. The van der Waals surface area contributed by atoms with Gasteiger partial charge in [0.1, 0.15) is 5.25 Å². The van der Waals surface area contributed by atoms with E-state index >= 15 is 0 Å². The van der Waals surface area contributed by atoms with Crippen LogP contribution in [0.5, 0.6) is 0 Å². The monoisotopic (exact) mass is 448 g/mol. The predicted molar refractivity (Wildman–Crippen MR) is 119 cm³/mol. The molecule has 1 fully saturated rings. The van der Waals surface area contributed by atoms with Gasteiger partial charge in [-0.2, -0.15) is 4.99 Å². The highest BCUT2D eigenvalue weighted by molar-refractivity contribution is 8.15. The molecule has 168 valence electrons. The van der Waals surface area contributed by atoms with Gasteiger partial charge in [-0.3, -0.25) is 14.4 Å². The lowest BCUT2D eigenvalue weighted by atomic mass is 10.2. The molecule has 0 aromatic heterocycles. The van der Waals surface area contributed by atoms with Crippen LogP contribution in [-0.2, 0) is 19.1 Å². The topological polar surface area (TPSA) is 109 Å². The van der Waals surface area contributed by atoms with E-state index in [9.17, 15) is 14.4 Å². The first kappa shape index (κ1) is 23.2. The number of nitrogens with one attached hydrogen (secondary N) is 2. The summed E-state index contributed by atoms with van der Waals surface area (Å²) >= 11 is 1.37. The molecule has 1 aromatic rings. The van der Waals surface area contributed by atoms with Gasteiger partial charge in [-0.25, -0.2) is 0 Å². The quantitative estimate of drug-likeness (QED) is 0.522. The Balaban J connectivity index is 1.39. The molecule has 1 aromatic carbocycles. The summed E-state index contributed by atoms with van der Waals surface area (Å²) in [6, 6.07) is 6.61. The highest BCUT2D eigenvalue weighted by atomic mass is 32.2. The van der Waals surface area contributed by atoms with Crippen molar-refractivity contribution in [3.05, 3.63) is 29.8 Å². The molecule has 1 atom stereocenters. The molecule has 0 spiro atoms. The van der Waals surface area contributed by atoms with E-state index < -0.39 is 5.25 Å². The second kappa shape index (κ2) is 11.8. The van der Waals surface area contributed by atoms with E-state index in [1.807, 2.05) is 0 Å². The fourth-order valence-electron chi connectivity index (χ4n) is 3.22. The molecule has 0 saturated carbocycles. The van der Waals surface area contributed by atoms with Crippen LogP contribution in [0.15, 0.2) is 29.3 Å². The summed E-state index contributed by atoms with van der Waals surface area (Å²) in [5.41, 5.74) is 1.06. The van der Waals surface area contributed by atoms with Crippen LogP contribution in [0.1, 0.15) is 29.6 Å². The zero-order valence-electron chi connectivity index (χ0n) is 17.6. The number of carbonyl (C=O) groups excluding carboxylic acids is 3. The Morgan fingerprint density at radius 2 is 1.90 bits per heavy atom. The number of rotatable bonds is 10. The van der Waals surface area contributed by atoms with Crippen LogP contribution in [0, 0.1) is 0 Å². The van der Waals surface area contributed by atoms with Gasteiger partial charge in [0, 0.05) is 44.4 Å². The van der Waals surface area contributed by atoms with Crippen molar-refractivity contribution in [2.24, 2.45) is 4.99 Å². The van der Waals surface area contributed by atoms with Crippen LogP contribution in [0.3, 0.4) is 0 Å². The number of hydrogen-bond acceptors (Lipinski definition) is 7. The van der Waals surface area contributed by atoms with E-state index in [-0.39, 0.29) is 24.1 Å². The minimum Gasteiger partial charge on any atom is -0.382 e. The Morgan fingerprint density at radius 3 is 2.61 bits per heavy atom. The van der Waals surface area contributed by atoms with Gasteiger partial charge in [0.05, 0.1) is 19.8 Å². The lowest BCUT2D eigenvalue weighted by Gasteiger charge is -2.16. The Morgan fingerprint density at radius 1 is 1.16 bits per heavy atom. The molecule has 3 rings (SSSR count). The van der Waals surface area contributed by atoms with Crippen LogP contribution in [0.4, 0.5) is 5.69 Å². The number of amidine groups is 1.